The average molecular weight is 284 g/mol. The predicted molar refractivity (Wildman–Crippen MR) is 72.3 cm³/mol. The lowest BCUT2D eigenvalue weighted by atomic mass is 10.0. The standard InChI is InChI=1S/C12H16N2O4S/c1-18-12(15)8-19(16,17)14-6-2-3-9-4-5-10(13)7-11(9)14/h4-5,7H,2-3,6,8,13H2,1H3. The van der Waals surface area contributed by atoms with Crippen molar-refractivity contribution in [3.05, 3.63) is 23.8 Å². The Morgan fingerprint density at radius 2 is 2.21 bits per heavy atom. The second kappa shape index (κ2) is 5.08. The summed E-state index contributed by atoms with van der Waals surface area (Å²) in [5, 5.41) is 0. The number of aryl methyl sites for hydroxylation is 1. The fraction of sp³-hybridized carbons (Fsp3) is 0.417. The maximum Gasteiger partial charge on any atom is 0.322 e. The summed E-state index contributed by atoms with van der Waals surface area (Å²) in [7, 11) is -2.55. The van der Waals surface area contributed by atoms with E-state index in [9.17, 15) is 13.2 Å². The number of esters is 1. The van der Waals surface area contributed by atoms with Crippen LogP contribution in [0, 0.1) is 0 Å². The summed E-state index contributed by atoms with van der Waals surface area (Å²) in [6, 6.07) is 5.20. The molecule has 0 saturated heterocycles. The van der Waals surface area contributed by atoms with E-state index in [4.69, 9.17) is 5.73 Å². The SMILES string of the molecule is COC(=O)CS(=O)(=O)N1CCCc2ccc(N)cc21. The van der Waals surface area contributed by atoms with Crippen LogP contribution < -0.4 is 10.0 Å². The van der Waals surface area contributed by atoms with Gasteiger partial charge in [-0.1, -0.05) is 6.07 Å². The van der Waals surface area contributed by atoms with Crippen molar-refractivity contribution >= 4 is 27.4 Å². The highest BCUT2D eigenvalue weighted by molar-refractivity contribution is 7.93. The number of nitrogens with two attached hydrogens (primary N) is 1. The third-order valence-corrected chi connectivity index (χ3v) is 4.70. The number of hydrogen-bond donors (Lipinski definition) is 1. The van der Waals surface area contributed by atoms with Crippen LogP contribution in [0.1, 0.15) is 12.0 Å². The molecule has 0 unspecified atom stereocenters. The monoisotopic (exact) mass is 284 g/mol. The van der Waals surface area contributed by atoms with Crippen molar-refractivity contribution in [2.45, 2.75) is 12.8 Å². The van der Waals surface area contributed by atoms with Crippen molar-refractivity contribution in [3.63, 3.8) is 0 Å². The van der Waals surface area contributed by atoms with Crippen molar-refractivity contribution in [3.8, 4) is 0 Å². The van der Waals surface area contributed by atoms with E-state index < -0.39 is 21.7 Å². The van der Waals surface area contributed by atoms with E-state index in [-0.39, 0.29) is 0 Å². The Kier molecular flexibility index (Phi) is 3.66. The molecule has 1 aromatic rings. The van der Waals surface area contributed by atoms with E-state index in [0.29, 0.717) is 17.9 Å². The van der Waals surface area contributed by atoms with Gasteiger partial charge in [0.05, 0.1) is 12.8 Å². The van der Waals surface area contributed by atoms with Gasteiger partial charge in [0.25, 0.3) is 0 Å². The van der Waals surface area contributed by atoms with E-state index in [2.05, 4.69) is 4.74 Å². The zero-order valence-corrected chi connectivity index (χ0v) is 11.4. The number of methoxy groups -OCH3 is 1. The Labute approximate surface area is 112 Å². The molecule has 2 N–H and O–H groups in total. The van der Waals surface area contributed by atoms with Crippen LogP contribution in [0.3, 0.4) is 0 Å². The van der Waals surface area contributed by atoms with Crippen LogP contribution in [0.25, 0.3) is 0 Å². The topological polar surface area (TPSA) is 89.7 Å². The normalized spacial score (nSPS) is 14.9. The molecule has 0 aliphatic carbocycles. The smallest absolute Gasteiger partial charge is 0.322 e. The van der Waals surface area contributed by atoms with Crippen molar-refractivity contribution in [2.24, 2.45) is 0 Å². The Morgan fingerprint density at radius 1 is 1.47 bits per heavy atom. The van der Waals surface area contributed by atoms with Gasteiger partial charge in [0.2, 0.25) is 10.0 Å². The van der Waals surface area contributed by atoms with Gasteiger partial charge >= 0.3 is 5.97 Å². The molecule has 7 heteroatoms. The summed E-state index contributed by atoms with van der Waals surface area (Å²) in [5.41, 5.74) is 7.69. The average Bonchev–Trinajstić information content (AvgIpc) is 2.37. The highest BCUT2D eigenvalue weighted by Gasteiger charge is 2.29. The number of benzene rings is 1. The van der Waals surface area contributed by atoms with Crippen LogP contribution in [-0.4, -0.2) is 33.8 Å². The van der Waals surface area contributed by atoms with Gasteiger partial charge in [-0.15, -0.1) is 0 Å². The molecule has 0 bridgehead atoms. The third-order valence-electron chi connectivity index (χ3n) is 3.05. The minimum absolute atomic E-state index is 0.357. The van der Waals surface area contributed by atoms with Crippen molar-refractivity contribution in [1.29, 1.82) is 0 Å². The lowest BCUT2D eigenvalue weighted by molar-refractivity contribution is -0.137. The first-order chi connectivity index (χ1) is 8.94. The molecule has 1 aliphatic rings. The first kappa shape index (κ1) is 13.7. The molecule has 104 valence electrons. The summed E-state index contributed by atoms with van der Waals surface area (Å²) in [4.78, 5) is 11.2. The highest BCUT2D eigenvalue weighted by Crippen LogP contribution is 2.31. The molecular weight excluding hydrogens is 268 g/mol. The number of nitrogen functional groups attached to an aromatic ring is 1. The van der Waals surface area contributed by atoms with Crippen LogP contribution in [0.2, 0.25) is 0 Å². The quantitative estimate of drug-likeness (QED) is 0.645. The Hall–Kier alpha value is -1.76. The van der Waals surface area contributed by atoms with Gasteiger partial charge in [-0.2, -0.15) is 0 Å². The summed E-state index contributed by atoms with van der Waals surface area (Å²) >= 11 is 0. The number of nitrogens with zero attached hydrogens (tertiary/aromatic N) is 1. The summed E-state index contributed by atoms with van der Waals surface area (Å²) in [5.74, 6) is -1.42. The van der Waals surface area contributed by atoms with Crippen molar-refractivity contribution < 1.29 is 17.9 Å². The summed E-state index contributed by atoms with van der Waals surface area (Å²) in [6.07, 6.45) is 1.52. The molecule has 1 heterocycles. The number of sulfonamides is 1. The number of carbonyl (C=O) groups is 1. The summed E-state index contributed by atoms with van der Waals surface area (Å²) < 4.78 is 30.1. The largest absolute Gasteiger partial charge is 0.468 e. The van der Waals surface area contributed by atoms with Gasteiger partial charge < -0.3 is 10.5 Å². The maximum absolute atomic E-state index is 12.2. The molecule has 0 radical (unpaired) electrons. The van der Waals surface area contributed by atoms with E-state index in [0.717, 1.165) is 18.4 Å². The van der Waals surface area contributed by atoms with Gasteiger partial charge in [-0.05, 0) is 30.5 Å². The fourth-order valence-corrected chi connectivity index (χ4v) is 3.58. The minimum Gasteiger partial charge on any atom is -0.468 e. The van der Waals surface area contributed by atoms with Gasteiger partial charge in [-0.3, -0.25) is 9.10 Å². The van der Waals surface area contributed by atoms with Gasteiger partial charge in [0.1, 0.15) is 0 Å². The second-order valence-electron chi connectivity index (χ2n) is 4.40. The Bertz CT molecular complexity index is 598. The number of fused-ring (bicyclic) bond motifs is 1. The number of rotatable bonds is 3. The van der Waals surface area contributed by atoms with E-state index in [1.54, 1.807) is 12.1 Å². The Balaban J connectivity index is 2.38. The first-order valence-corrected chi connectivity index (χ1v) is 7.50. The van der Waals surface area contributed by atoms with Gasteiger partial charge in [-0.25, -0.2) is 8.42 Å². The second-order valence-corrected chi connectivity index (χ2v) is 6.29. The van der Waals surface area contributed by atoms with Gasteiger partial charge in [0.15, 0.2) is 5.75 Å². The minimum atomic E-state index is -3.72. The molecule has 1 aliphatic heterocycles. The summed E-state index contributed by atoms with van der Waals surface area (Å²) in [6.45, 7) is 0.357. The third kappa shape index (κ3) is 2.81. The lowest BCUT2D eigenvalue weighted by Gasteiger charge is -2.30. The fourth-order valence-electron chi connectivity index (χ4n) is 2.13. The maximum atomic E-state index is 12.2. The molecule has 0 fully saturated rings. The lowest BCUT2D eigenvalue weighted by Crippen LogP contribution is -2.39. The van der Waals surface area contributed by atoms with Crippen LogP contribution in [-0.2, 0) is 26.0 Å². The zero-order chi connectivity index (χ0) is 14.0. The van der Waals surface area contributed by atoms with Gasteiger partial charge in [0, 0.05) is 12.2 Å². The van der Waals surface area contributed by atoms with Crippen molar-refractivity contribution in [1.82, 2.24) is 0 Å². The molecule has 0 saturated carbocycles. The molecule has 6 nitrogen and oxygen atoms in total. The molecule has 1 aromatic carbocycles. The Morgan fingerprint density at radius 3 is 2.89 bits per heavy atom. The molecule has 0 spiro atoms. The molecule has 0 aromatic heterocycles. The predicted octanol–water partition coefficient (Wildman–Crippen LogP) is 0.524. The highest BCUT2D eigenvalue weighted by atomic mass is 32.2. The van der Waals surface area contributed by atoms with Crippen LogP contribution in [0.4, 0.5) is 11.4 Å². The number of ether oxygens (including phenoxy) is 1. The molecule has 0 amide bonds. The van der Waals surface area contributed by atoms with Crippen LogP contribution in [0.15, 0.2) is 18.2 Å². The van der Waals surface area contributed by atoms with E-state index >= 15 is 0 Å². The van der Waals surface area contributed by atoms with E-state index in [1.807, 2.05) is 6.07 Å². The number of carbonyl (C=O) groups excluding carboxylic acids is 1. The number of anilines is 2. The first-order valence-electron chi connectivity index (χ1n) is 5.89. The molecule has 19 heavy (non-hydrogen) atoms. The van der Waals surface area contributed by atoms with Crippen molar-refractivity contribution in [2.75, 3.05) is 29.4 Å². The molecular formula is C12H16N2O4S. The van der Waals surface area contributed by atoms with Crippen LogP contribution >= 0.6 is 0 Å². The zero-order valence-electron chi connectivity index (χ0n) is 10.6. The molecule has 2 rings (SSSR count). The van der Waals surface area contributed by atoms with E-state index in [1.165, 1.54) is 11.4 Å². The van der Waals surface area contributed by atoms with Crippen LogP contribution in [0.5, 0.6) is 0 Å². The number of hydrogen-bond acceptors (Lipinski definition) is 5. The molecule has 0 atom stereocenters.